The Bertz CT molecular complexity index is 410. The minimum atomic E-state index is -0.748. The zero-order chi connectivity index (χ0) is 13.5. The van der Waals surface area contributed by atoms with Gasteiger partial charge in [-0.15, -0.1) is 0 Å². The number of hydrogen-bond acceptors (Lipinski definition) is 4. The van der Waals surface area contributed by atoms with Crippen molar-refractivity contribution in [2.45, 2.75) is 13.0 Å². The van der Waals surface area contributed by atoms with Crippen molar-refractivity contribution in [3.8, 4) is 0 Å². The normalized spacial score (nSPS) is 10.9. The number of nitro benzene ring substituents is 1. The second-order valence-electron chi connectivity index (χ2n) is 4.34. The van der Waals surface area contributed by atoms with E-state index in [2.05, 4.69) is 10.2 Å². The first kappa shape index (κ1) is 14.5. The molecule has 0 aromatic heterocycles. The fourth-order valence-corrected chi connectivity index (χ4v) is 1.59. The van der Waals surface area contributed by atoms with Gasteiger partial charge < -0.3 is 10.2 Å². The van der Waals surface area contributed by atoms with E-state index in [9.17, 15) is 14.5 Å². The van der Waals surface area contributed by atoms with Crippen LogP contribution >= 0.6 is 0 Å². The molecule has 0 heterocycles. The fourth-order valence-electron chi connectivity index (χ4n) is 1.59. The standard InChI is InChI=1S/C12H18FN3O2/c1-15(2)8-4-7-14-9-10-5-3-6-11(12(10)13)16(17)18/h3,5-6,14H,4,7-9H2,1-2H3. The zero-order valence-corrected chi connectivity index (χ0v) is 10.6. The molecule has 1 aromatic carbocycles. The highest BCUT2D eigenvalue weighted by Crippen LogP contribution is 2.19. The molecule has 6 heteroatoms. The van der Waals surface area contributed by atoms with Crippen LogP contribution in [0.25, 0.3) is 0 Å². The molecule has 0 aliphatic carbocycles. The van der Waals surface area contributed by atoms with Gasteiger partial charge in [-0.2, -0.15) is 4.39 Å². The van der Waals surface area contributed by atoms with Crippen LogP contribution in [-0.2, 0) is 6.54 Å². The Labute approximate surface area is 106 Å². The second-order valence-corrected chi connectivity index (χ2v) is 4.34. The van der Waals surface area contributed by atoms with Crippen LogP contribution in [0, 0.1) is 15.9 Å². The van der Waals surface area contributed by atoms with Gasteiger partial charge in [0.15, 0.2) is 0 Å². The minimum Gasteiger partial charge on any atom is -0.313 e. The highest BCUT2D eigenvalue weighted by atomic mass is 19.1. The van der Waals surface area contributed by atoms with Crippen LogP contribution in [0.3, 0.4) is 0 Å². The summed E-state index contributed by atoms with van der Waals surface area (Å²) in [6.07, 6.45) is 0.948. The van der Waals surface area contributed by atoms with Crippen molar-refractivity contribution >= 4 is 5.69 Å². The predicted octanol–water partition coefficient (Wildman–Crippen LogP) is 1.78. The smallest absolute Gasteiger partial charge is 0.305 e. The average molecular weight is 255 g/mol. The SMILES string of the molecule is CN(C)CCCNCc1cccc([N+](=O)[O-])c1F. The first-order valence-electron chi connectivity index (χ1n) is 5.79. The third-order valence-electron chi connectivity index (χ3n) is 2.53. The number of rotatable bonds is 7. The second kappa shape index (κ2) is 7.03. The average Bonchev–Trinajstić information content (AvgIpc) is 2.30. The van der Waals surface area contributed by atoms with Crippen molar-refractivity contribution in [1.29, 1.82) is 0 Å². The van der Waals surface area contributed by atoms with Crippen LogP contribution in [0.15, 0.2) is 18.2 Å². The van der Waals surface area contributed by atoms with E-state index >= 15 is 0 Å². The Hall–Kier alpha value is -1.53. The van der Waals surface area contributed by atoms with Gasteiger partial charge in [-0.1, -0.05) is 12.1 Å². The number of nitrogens with zero attached hydrogens (tertiary/aromatic N) is 2. The van der Waals surface area contributed by atoms with Gasteiger partial charge >= 0.3 is 5.69 Å². The van der Waals surface area contributed by atoms with E-state index in [1.165, 1.54) is 12.1 Å². The molecule has 0 amide bonds. The number of benzene rings is 1. The molecule has 0 spiro atoms. The van der Waals surface area contributed by atoms with Crippen molar-refractivity contribution in [1.82, 2.24) is 10.2 Å². The predicted molar refractivity (Wildman–Crippen MR) is 67.9 cm³/mol. The van der Waals surface area contributed by atoms with E-state index in [0.29, 0.717) is 12.1 Å². The lowest BCUT2D eigenvalue weighted by molar-refractivity contribution is -0.387. The molecule has 0 aliphatic heterocycles. The lowest BCUT2D eigenvalue weighted by atomic mass is 10.2. The number of halogens is 1. The van der Waals surface area contributed by atoms with Crippen molar-refractivity contribution < 1.29 is 9.31 Å². The van der Waals surface area contributed by atoms with E-state index in [4.69, 9.17) is 0 Å². The highest BCUT2D eigenvalue weighted by Gasteiger charge is 2.16. The number of hydrogen-bond donors (Lipinski definition) is 1. The van der Waals surface area contributed by atoms with Crippen molar-refractivity contribution in [3.05, 3.63) is 39.7 Å². The first-order chi connectivity index (χ1) is 8.52. The number of nitro groups is 1. The first-order valence-corrected chi connectivity index (χ1v) is 5.79. The van der Waals surface area contributed by atoms with Gasteiger partial charge in [0, 0.05) is 18.2 Å². The Morgan fingerprint density at radius 2 is 2.17 bits per heavy atom. The molecule has 0 saturated carbocycles. The van der Waals surface area contributed by atoms with E-state index in [-0.39, 0.29) is 0 Å². The van der Waals surface area contributed by atoms with Crippen LogP contribution in [0.2, 0.25) is 0 Å². The van der Waals surface area contributed by atoms with E-state index in [1.807, 2.05) is 14.1 Å². The van der Waals surface area contributed by atoms with Crippen LogP contribution in [0.1, 0.15) is 12.0 Å². The van der Waals surface area contributed by atoms with Crippen molar-refractivity contribution in [3.63, 3.8) is 0 Å². The molecule has 1 N–H and O–H groups in total. The Kier molecular flexibility index (Phi) is 5.67. The summed E-state index contributed by atoms with van der Waals surface area (Å²) in [7, 11) is 3.97. The molecule has 0 bridgehead atoms. The van der Waals surface area contributed by atoms with Crippen LogP contribution in [0.4, 0.5) is 10.1 Å². The zero-order valence-electron chi connectivity index (χ0n) is 10.6. The van der Waals surface area contributed by atoms with Gasteiger partial charge in [0.2, 0.25) is 5.82 Å². The van der Waals surface area contributed by atoms with Gasteiger partial charge in [0.1, 0.15) is 0 Å². The van der Waals surface area contributed by atoms with E-state index in [1.54, 1.807) is 6.07 Å². The molecule has 1 aromatic rings. The quantitative estimate of drug-likeness (QED) is 0.458. The van der Waals surface area contributed by atoms with Crippen molar-refractivity contribution in [2.75, 3.05) is 27.2 Å². The summed E-state index contributed by atoms with van der Waals surface area (Å²) in [4.78, 5) is 11.9. The largest absolute Gasteiger partial charge is 0.313 e. The molecule has 0 fully saturated rings. The molecule has 0 saturated heterocycles. The molecule has 0 unspecified atom stereocenters. The van der Waals surface area contributed by atoms with Gasteiger partial charge in [-0.3, -0.25) is 10.1 Å². The molecule has 100 valence electrons. The highest BCUT2D eigenvalue weighted by molar-refractivity contribution is 5.36. The Morgan fingerprint density at radius 1 is 1.44 bits per heavy atom. The van der Waals surface area contributed by atoms with Crippen LogP contribution in [0.5, 0.6) is 0 Å². The molecular weight excluding hydrogens is 237 g/mol. The third kappa shape index (κ3) is 4.38. The molecule has 1 rings (SSSR count). The summed E-state index contributed by atoms with van der Waals surface area (Å²) in [5, 5.41) is 13.6. The third-order valence-corrected chi connectivity index (χ3v) is 2.53. The Balaban J connectivity index is 2.48. The summed E-state index contributed by atoms with van der Waals surface area (Å²) in [6, 6.07) is 4.23. The summed E-state index contributed by atoms with van der Waals surface area (Å²) in [5.74, 6) is -0.748. The van der Waals surface area contributed by atoms with Gasteiger partial charge in [-0.05, 0) is 33.6 Å². The molecule has 5 nitrogen and oxygen atoms in total. The molecular formula is C12H18FN3O2. The summed E-state index contributed by atoms with van der Waals surface area (Å²) in [6.45, 7) is 2.01. The maximum Gasteiger partial charge on any atom is 0.305 e. The van der Waals surface area contributed by atoms with Gasteiger partial charge in [0.05, 0.1) is 4.92 Å². The van der Waals surface area contributed by atoms with Crippen molar-refractivity contribution in [2.24, 2.45) is 0 Å². The summed E-state index contributed by atoms with van der Waals surface area (Å²) >= 11 is 0. The summed E-state index contributed by atoms with van der Waals surface area (Å²) < 4.78 is 13.7. The Morgan fingerprint density at radius 3 is 2.78 bits per heavy atom. The molecule has 0 aliphatic rings. The van der Waals surface area contributed by atoms with Gasteiger partial charge in [-0.25, -0.2) is 0 Å². The maximum atomic E-state index is 13.7. The molecule has 18 heavy (non-hydrogen) atoms. The van der Waals surface area contributed by atoms with E-state index < -0.39 is 16.4 Å². The lowest BCUT2D eigenvalue weighted by Crippen LogP contribution is -2.21. The number of nitrogens with one attached hydrogen (secondary N) is 1. The van der Waals surface area contributed by atoms with E-state index in [0.717, 1.165) is 19.5 Å². The topological polar surface area (TPSA) is 58.4 Å². The molecule has 0 radical (unpaired) electrons. The fraction of sp³-hybridized carbons (Fsp3) is 0.500. The van der Waals surface area contributed by atoms with Gasteiger partial charge in [0.25, 0.3) is 0 Å². The minimum absolute atomic E-state index is 0.306. The summed E-state index contributed by atoms with van der Waals surface area (Å²) in [5.41, 5.74) is -0.142. The van der Waals surface area contributed by atoms with Crippen LogP contribution < -0.4 is 5.32 Å². The monoisotopic (exact) mass is 255 g/mol. The van der Waals surface area contributed by atoms with Crippen LogP contribution in [-0.4, -0.2) is 37.0 Å². The maximum absolute atomic E-state index is 13.7. The molecule has 0 atom stereocenters. The lowest BCUT2D eigenvalue weighted by Gasteiger charge is -2.10.